The average molecular weight is 284 g/mol. The fourth-order valence-corrected chi connectivity index (χ4v) is 2.92. The number of carbonyl (C=O) groups excluding carboxylic acids is 2. The number of ether oxygens (including phenoxy) is 1. The van der Waals surface area contributed by atoms with E-state index in [-0.39, 0.29) is 18.1 Å². The molecule has 2 fully saturated rings. The zero-order valence-electron chi connectivity index (χ0n) is 12.1. The lowest BCUT2D eigenvalue weighted by Crippen LogP contribution is -2.59. The van der Waals surface area contributed by atoms with Crippen LogP contribution in [-0.4, -0.2) is 30.3 Å². The van der Waals surface area contributed by atoms with Crippen LogP contribution in [-0.2, 0) is 19.2 Å². The predicted octanol–water partition coefficient (Wildman–Crippen LogP) is 1.40. The largest absolute Gasteiger partial charge is 0.350 e. The van der Waals surface area contributed by atoms with Crippen molar-refractivity contribution in [1.82, 2.24) is 10.8 Å². The van der Waals surface area contributed by atoms with Gasteiger partial charge in [0.15, 0.2) is 6.29 Å². The number of rotatable bonds is 4. The van der Waals surface area contributed by atoms with E-state index in [9.17, 15) is 9.59 Å². The minimum Gasteiger partial charge on any atom is -0.350 e. The molecule has 2 N–H and O–H groups in total. The molecule has 114 valence electrons. The Labute approximate surface area is 119 Å². The molecule has 1 aliphatic heterocycles. The molecule has 1 unspecified atom stereocenters. The van der Waals surface area contributed by atoms with Gasteiger partial charge in [0.1, 0.15) is 5.54 Å². The SMILES string of the molecule is CC(=O)NC1(C(=O)NOC2CCCCO2)CCCCC1. The maximum Gasteiger partial charge on any atom is 0.269 e. The number of carbonyl (C=O) groups is 2. The fourth-order valence-electron chi connectivity index (χ4n) is 2.92. The second-order valence-electron chi connectivity index (χ2n) is 5.67. The first-order valence-electron chi connectivity index (χ1n) is 7.49. The van der Waals surface area contributed by atoms with E-state index in [0.29, 0.717) is 19.4 Å². The number of amides is 2. The van der Waals surface area contributed by atoms with Gasteiger partial charge in [-0.2, -0.15) is 0 Å². The Balaban J connectivity index is 1.90. The van der Waals surface area contributed by atoms with Gasteiger partial charge in [0, 0.05) is 20.0 Å². The molecule has 0 bridgehead atoms. The molecular formula is C14H24N2O4. The van der Waals surface area contributed by atoms with Gasteiger partial charge in [0.25, 0.3) is 5.91 Å². The second kappa shape index (κ2) is 7.04. The number of hydrogen-bond acceptors (Lipinski definition) is 4. The lowest BCUT2D eigenvalue weighted by Gasteiger charge is -2.36. The summed E-state index contributed by atoms with van der Waals surface area (Å²) in [6.45, 7) is 2.10. The van der Waals surface area contributed by atoms with Gasteiger partial charge in [-0.25, -0.2) is 10.3 Å². The standard InChI is InChI=1S/C14H24N2O4/c1-11(17)15-14(8-4-2-5-9-14)13(18)16-20-12-7-3-6-10-19-12/h12H,2-10H2,1H3,(H,15,17)(H,16,18). The van der Waals surface area contributed by atoms with Crippen LogP contribution in [0.2, 0.25) is 0 Å². The molecule has 0 aromatic rings. The van der Waals surface area contributed by atoms with Crippen LogP contribution < -0.4 is 10.8 Å². The van der Waals surface area contributed by atoms with Crippen LogP contribution in [0.25, 0.3) is 0 Å². The Morgan fingerprint density at radius 3 is 2.50 bits per heavy atom. The molecule has 0 spiro atoms. The third-order valence-electron chi connectivity index (χ3n) is 3.98. The summed E-state index contributed by atoms with van der Waals surface area (Å²) in [5, 5.41) is 2.81. The molecule has 1 aliphatic carbocycles. The Bertz CT molecular complexity index is 347. The van der Waals surface area contributed by atoms with Crippen LogP contribution in [0, 0.1) is 0 Å². The Morgan fingerprint density at radius 1 is 1.15 bits per heavy atom. The van der Waals surface area contributed by atoms with Crippen molar-refractivity contribution < 1.29 is 19.2 Å². The molecule has 0 aromatic heterocycles. The fraction of sp³-hybridized carbons (Fsp3) is 0.857. The van der Waals surface area contributed by atoms with Crippen molar-refractivity contribution in [3.63, 3.8) is 0 Å². The van der Waals surface area contributed by atoms with Crippen LogP contribution in [0.5, 0.6) is 0 Å². The summed E-state index contributed by atoms with van der Waals surface area (Å²) in [6, 6.07) is 0. The summed E-state index contributed by atoms with van der Waals surface area (Å²) in [5.74, 6) is -0.447. The van der Waals surface area contributed by atoms with Gasteiger partial charge in [-0.05, 0) is 25.7 Å². The lowest BCUT2D eigenvalue weighted by molar-refractivity contribution is -0.203. The van der Waals surface area contributed by atoms with Crippen LogP contribution in [0.4, 0.5) is 0 Å². The molecule has 0 aromatic carbocycles. The Morgan fingerprint density at radius 2 is 1.90 bits per heavy atom. The molecule has 1 heterocycles. The van der Waals surface area contributed by atoms with Gasteiger partial charge >= 0.3 is 0 Å². The predicted molar refractivity (Wildman–Crippen MR) is 72.5 cm³/mol. The zero-order chi connectivity index (χ0) is 14.4. The molecule has 6 nitrogen and oxygen atoms in total. The molecule has 1 atom stereocenters. The first kappa shape index (κ1) is 15.3. The minimum absolute atomic E-state index is 0.184. The number of hydrogen-bond donors (Lipinski definition) is 2. The molecule has 1 saturated carbocycles. The highest BCUT2D eigenvalue weighted by atomic mass is 16.8. The molecular weight excluding hydrogens is 260 g/mol. The van der Waals surface area contributed by atoms with E-state index in [1.807, 2.05) is 0 Å². The van der Waals surface area contributed by atoms with Crippen molar-refractivity contribution in [2.75, 3.05) is 6.61 Å². The third kappa shape index (κ3) is 3.93. The average Bonchev–Trinajstić information content (AvgIpc) is 2.46. The highest BCUT2D eigenvalue weighted by Gasteiger charge is 2.40. The van der Waals surface area contributed by atoms with Crippen molar-refractivity contribution >= 4 is 11.8 Å². The van der Waals surface area contributed by atoms with Crippen molar-refractivity contribution in [3.05, 3.63) is 0 Å². The van der Waals surface area contributed by atoms with Gasteiger partial charge in [0.2, 0.25) is 5.91 Å². The first-order valence-corrected chi connectivity index (χ1v) is 7.49. The van der Waals surface area contributed by atoms with Crippen LogP contribution in [0.3, 0.4) is 0 Å². The Hall–Kier alpha value is -1.14. The number of hydroxylamine groups is 1. The lowest BCUT2D eigenvalue weighted by atomic mass is 9.81. The zero-order valence-corrected chi connectivity index (χ0v) is 12.1. The Kier molecular flexibility index (Phi) is 5.37. The maximum absolute atomic E-state index is 12.4. The van der Waals surface area contributed by atoms with E-state index in [4.69, 9.17) is 9.57 Å². The molecule has 0 radical (unpaired) electrons. The van der Waals surface area contributed by atoms with E-state index >= 15 is 0 Å². The number of nitrogens with one attached hydrogen (secondary N) is 2. The molecule has 2 amide bonds. The molecule has 2 rings (SSSR count). The van der Waals surface area contributed by atoms with Crippen LogP contribution >= 0.6 is 0 Å². The summed E-state index contributed by atoms with van der Waals surface area (Å²) in [5.41, 5.74) is 1.67. The van der Waals surface area contributed by atoms with E-state index in [2.05, 4.69) is 10.8 Å². The highest BCUT2D eigenvalue weighted by Crippen LogP contribution is 2.28. The van der Waals surface area contributed by atoms with Crippen LogP contribution in [0.1, 0.15) is 58.3 Å². The van der Waals surface area contributed by atoms with E-state index in [1.54, 1.807) is 0 Å². The quantitative estimate of drug-likeness (QED) is 0.765. The maximum atomic E-state index is 12.4. The summed E-state index contributed by atoms with van der Waals surface area (Å²) < 4.78 is 5.41. The highest BCUT2D eigenvalue weighted by molar-refractivity contribution is 5.90. The summed E-state index contributed by atoms with van der Waals surface area (Å²) in [4.78, 5) is 29.1. The summed E-state index contributed by atoms with van der Waals surface area (Å²) >= 11 is 0. The van der Waals surface area contributed by atoms with E-state index < -0.39 is 5.54 Å². The van der Waals surface area contributed by atoms with Crippen molar-refractivity contribution in [2.24, 2.45) is 0 Å². The van der Waals surface area contributed by atoms with Crippen molar-refractivity contribution in [2.45, 2.75) is 70.1 Å². The van der Waals surface area contributed by atoms with Crippen molar-refractivity contribution in [1.29, 1.82) is 0 Å². The van der Waals surface area contributed by atoms with Gasteiger partial charge in [-0.3, -0.25) is 9.59 Å². The summed E-state index contributed by atoms with van der Waals surface area (Å²) in [7, 11) is 0. The van der Waals surface area contributed by atoms with Gasteiger partial charge in [-0.15, -0.1) is 0 Å². The second-order valence-corrected chi connectivity index (χ2v) is 5.67. The normalized spacial score (nSPS) is 25.8. The summed E-state index contributed by atoms with van der Waals surface area (Å²) in [6.07, 6.45) is 6.78. The van der Waals surface area contributed by atoms with Crippen molar-refractivity contribution in [3.8, 4) is 0 Å². The molecule has 20 heavy (non-hydrogen) atoms. The van der Waals surface area contributed by atoms with Gasteiger partial charge in [0.05, 0.1) is 0 Å². The minimum atomic E-state index is -0.821. The molecule has 2 aliphatic rings. The third-order valence-corrected chi connectivity index (χ3v) is 3.98. The molecule has 6 heteroatoms. The van der Waals surface area contributed by atoms with Gasteiger partial charge in [-0.1, -0.05) is 19.3 Å². The van der Waals surface area contributed by atoms with Gasteiger partial charge < -0.3 is 10.1 Å². The topological polar surface area (TPSA) is 76.7 Å². The van der Waals surface area contributed by atoms with Crippen LogP contribution in [0.15, 0.2) is 0 Å². The van der Waals surface area contributed by atoms with E-state index in [0.717, 1.165) is 38.5 Å². The van der Waals surface area contributed by atoms with E-state index in [1.165, 1.54) is 6.92 Å². The smallest absolute Gasteiger partial charge is 0.269 e. The first-order chi connectivity index (χ1) is 9.62. The monoisotopic (exact) mass is 284 g/mol. The molecule has 1 saturated heterocycles.